The molecule has 1 aliphatic heterocycles. The van der Waals surface area contributed by atoms with Crippen molar-refractivity contribution in [2.24, 2.45) is 0 Å². The number of fused-ring (bicyclic) bond motifs is 1. The normalized spacial score (nSPS) is 16.9. The molecule has 1 aliphatic rings. The molecule has 6 heteroatoms. The molecule has 126 valence electrons. The predicted molar refractivity (Wildman–Crippen MR) is 94.4 cm³/mol. The van der Waals surface area contributed by atoms with E-state index < -0.39 is 0 Å². The van der Waals surface area contributed by atoms with E-state index in [1.54, 1.807) is 23.5 Å². The predicted octanol–water partition coefficient (Wildman–Crippen LogP) is 2.85. The van der Waals surface area contributed by atoms with Crippen LogP contribution in [0.5, 0.6) is 0 Å². The van der Waals surface area contributed by atoms with Crippen molar-refractivity contribution in [2.45, 2.75) is 18.9 Å². The highest BCUT2D eigenvalue weighted by Crippen LogP contribution is 2.23. The van der Waals surface area contributed by atoms with Gasteiger partial charge in [-0.1, -0.05) is 24.3 Å². The molecule has 0 radical (unpaired) electrons. The van der Waals surface area contributed by atoms with Crippen molar-refractivity contribution in [1.29, 1.82) is 0 Å². The van der Waals surface area contributed by atoms with E-state index in [1.807, 2.05) is 36.4 Å². The van der Waals surface area contributed by atoms with Crippen LogP contribution in [0.1, 0.15) is 23.3 Å². The maximum atomic E-state index is 13.3. The molecule has 0 aliphatic carbocycles. The number of ether oxygens (including phenoxy) is 1. The molecule has 1 unspecified atom stereocenters. The van der Waals surface area contributed by atoms with Crippen molar-refractivity contribution < 1.29 is 9.53 Å². The Bertz CT molecular complexity index is 873. The SMILES string of the molecule is O=C(c1nncc2ccccc12)N(CC1CCCO1)c1ccncc1. The maximum Gasteiger partial charge on any atom is 0.279 e. The number of benzene rings is 1. The van der Waals surface area contributed by atoms with E-state index in [0.29, 0.717) is 12.2 Å². The number of hydrogen-bond donors (Lipinski definition) is 0. The van der Waals surface area contributed by atoms with Crippen LogP contribution in [-0.4, -0.2) is 40.3 Å². The van der Waals surface area contributed by atoms with Gasteiger partial charge >= 0.3 is 0 Å². The minimum atomic E-state index is -0.175. The van der Waals surface area contributed by atoms with E-state index in [2.05, 4.69) is 15.2 Å². The fourth-order valence-corrected chi connectivity index (χ4v) is 3.14. The number of carbonyl (C=O) groups excluding carboxylic acids is 1. The number of aromatic nitrogens is 3. The van der Waals surface area contributed by atoms with E-state index in [4.69, 9.17) is 4.74 Å². The third-order valence-corrected chi connectivity index (χ3v) is 4.40. The molecular formula is C19H18N4O2. The van der Waals surface area contributed by atoms with Crippen molar-refractivity contribution in [1.82, 2.24) is 15.2 Å². The lowest BCUT2D eigenvalue weighted by Gasteiger charge is -2.25. The lowest BCUT2D eigenvalue weighted by atomic mass is 10.1. The highest BCUT2D eigenvalue weighted by atomic mass is 16.5. The molecule has 1 aromatic carbocycles. The van der Waals surface area contributed by atoms with Crippen LogP contribution >= 0.6 is 0 Å². The zero-order valence-electron chi connectivity index (χ0n) is 13.7. The van der Waals surface area contributed by atoms with Gasteiger partial charge in [-0.3, -0.25) is 9.78 Å². The van der Waals surface area contributed by atoms with E-state index in [0.717, 1.165) is 35.9 Å². The van der Waals surface area contributed by atoms with Crippen molar-refractivity contribution in [2.75, 3.05) is 18.1 Å². The second-order valence-electron chi connectivity index (χ2n) is 6.04. The molecule has 0 bridgehead atoms. The molecule has 1 fully saturated rings. The summed E-state index contributed by atoms with van der Waals surface area (Å²) in [5.74, 6) is -0.175. The van der Waals surface area contributed by atoms with Crippen LogP contribution in [-0.2, 0) is 4.74 Å². The fourth-order valence-electron chi connectivity index (χ4n) is 3.14. The Morgan fingerprint density at radius 2 is 2.04 bits per heavy atom. The van der Waals surface area contributed by atoms with Gasteiger partial charge in [-0.25, -0.2) is 0 Å². The average Bonchev–Trinajstić information content (AvgIpc) is 3.19. The summed E-state index contributed by atoms with van der Waals surface area (Å²) in [5.41, 5.74) is 1.14. The van der Waals surface area contributed by atoms with Crippen molar-refractivity contribution in [3.8, 4) is 0 Å². The molecule has 25 heavy (non-hydrogen) atoms. The summed E-state index contributed by atoms with van der Waals surface area (Å²) >= 11 is 0. The largest absolute Gasteiger partial charge is 0.376 e. The van der Waals surface area contributed by atoms with Crippen LogP contribution in [0.3, 0.4) is 0 Å². The summed E-state index contributed by atoms with van der Waals surface area (Å²) in [6.45, 7) is 1.24. The third kappa shape index (κ3) is 3.21. The fraction of sp³-hybridized carbons (Fsp3) is 0.263. The third-order valence-electron chi connectivity index (χ3n) is 4.40. The zero-order valence-corrected chi connectivity index (χ0v) is 13.7. The minimum Gasteiger partial charge on any atom is -0.376 e. The lowest BCUT2D eigenvalue weighted by molar-refractivity contribution is 0.0914. The number of carbonyl (C=O) groups is 1. The average molecular weight is 334 g/mol. The first-order valence-electron chi connectivity index (χ1n) is 8.37. The molecule has 6 nitrogen and oxygen atoms in total. The highest BCUT2D eigenvalue weighted by molar-refractivity contribution is 6.12. The molecular weight excluding hydrogens is 316 g/mol. The van der Waals surface area contributed by atoms with Crippen LogP contribution < -0.4 is 4.90 Å². The van der Waals surface area contributed by atoms with E-state index in [9.17, 15) is 4.79 Å². The Kier molecular flexibility index (Phi) is 4.35. The monoisotopic (exact) mass is 334 g/mol. The maximum absolute atomic E-state index is 13.3. The van der Waals surface area contributed by atoms with Gasteiger partial charge in [0, 0.05) is 35.5 Å². The van der Waals surface area contributed by atoms with Gasteiger partial charge in [-0.15, -0.1) is 5.10 Å². The molecule has 3 aromatic rings. The number of hydrogen-bond acceptors (Lipinski definition) is 5. The summed E-state index contributed by atoms with van der Waals surface area (Å²) in [6, 6.07) is 11.3. The minimum absolute atomic E-state index is 0.0417. The number of nitrogens with zero attached hydrogens (tertiary/aromatic N) is 4. The number of anilines is 1. The van der Waals surface area contributed by atoms with Crippen LogP contribution in [0.4, 0.5) is 5.69 Å². The topological polar surface area (TPSA) is 68.2 Å². The number of pyridine rings is 1. The molecule has 0 saturated carbocycles. The summed E-state index contributed by atoms with van der Waals surface area (Å²) in [4.78, 5) is 19.1. The summed E-state index contributed by atoms with van der Waals surface area (Å²) < 4.78 is 5.73. The first-order valence-corrected chi connectivity index (χ1v) is 8.37. The highest BCUT2D eigenvalue weighted by Gasteiger charge is 2.26. The van der Waals surface area contributed by atoms with E-state index in [1.165, 1.54) is 0 Å². The summed E-state index contributed by atoms with van der Waals surface area (Å²) in [5, 5.41) is 9.83. The van der Waals surface area contributed by atoms with Crippen molar-refractivity contribution >= 4 is 22.4 Å². The summed E-state index contributed by atoms with van der Waals surface area (Å²) in [7, 11) is 0. The molecule has 0 spiro atoms. The van der Waals surface area contributed by atoms with Crippen LogP contribution in [0.15, 0.2) is 55.0 Å². The smallest absolute Gasteiger partial charge is 0.279 e. The molecule has 2 aromatic heterocycles. The van der Waals surface area contributed by atoms with E-state index in [-0.39, 0.29) is 12.0 Å². The molecule has 1 atom stereocenters. The van der Waals surface area contributed by atoms with Crippen LogP contribution in [0, 0.1) is 0 Å². The van der Waals surface area contributed by atoms with Gasteiger partial charge in [0.25, 0.3) is 5.91 Å². The summed E-state index contributed by atoms with van der Waals surface area (Å²) in [6.07, 6.45) is 7.05. The Balaban J connectivity index is 1.73. The Labute approximate surface area is 145 Å². The van der Waals surface area contributed by atoms with Gasteiger partial charge in [-0.05, 0) is 25.0 Å². The van der Waals surface area contributed by atoms with Gasteiger partial charge < -0.3 is 9.64 Å². The van der Waals surface area contributed by atoms with Crippen molar-refractivity contribution in [3.05, 3.63) is 60.7 Å². The van der Waals surface area contributed by atoms with Gasteiger partial charge in [0.2, 0.25) is 0 Å². The molecule has 3 heterocycles. The quantitative estimate of drug-likeness (QED) is 0.734. The molecule has 0 N–H and O–H groups in total. The lowest BCUT2D eigenvalue weighted by Crippen LogP contribution is -2.38. The van der Waals surface area contributed by atoms with Gasteiger partial charge in [0.1, 0.15) is 0 Å². The molecule has 4 rings (SSSR count). The Morgan fingerprint density at radius 1 is 1.20 bits per heavy atom. The number of amides is 1. The van der Waals surface area contributed by atoms with E-state index >= 15 is 0 Å². The number of rotatable bonds is 4. The van der Waals surface area contributed by atoms with Gasteiger partial charge in [0.05, 0.1) is 18.8 Å². The first-order chi connectivity index (χ1) is 12.3. The zero-order chi connectivity index (χ0) is 17.1. The molecule has 1 amide bonds. The van der Waals surface area contributed by atoms with Crippen LogP contribution in [0.2, 0.25) is 0 Å². The Morgan fingerprint density at radius 3 is 2.84 bits per heavy atom. The van der Waals surface area contributed by atoms with Crippen molar-refractivity contribution in [3.63, 3.8) is 0 Å². The standard InChI is InChI=1S/C19H18N4O2/c24-19(18-17-6-2-1-4-14(17)12-21-22-18)23(13-16-5-3-11-25-16)15-7-9-20-10-8-15/h1-2,4,6-10,12,16H,3,5,11,13H2. The second-order valence-corrected chi connectivity index (χ2v) is 6.04. The molecule has 1 saturated heterocycles. The first kappa shape index (κ1) is 15.7. The van der Waals surface area contributed by atoms with Gasteiger partial charge in [-0.2, -0.15) is 5.10 Å². The van der Waals surface area contributed by atoms with Gasteiger partial charge in [0.15, 0.2) is 5.69 Å². The second kappa shape index (κ2) is 6.94. The van der Waals surface area contributed by atoms with Crippen LogP contribution in [0.25, 0.3) is 10.8 Å². The Hall–Kier alpha value is -2.86.